The summed E-state index contributed by atoms with van der Waals surface area (Å²) in [7, 11) is 1.70. The van der Waals surface area contributed by atoms with Crippen molar-refractivity contribution in [2.45, 2.75) is 18.8 Å². The molecule has 6 heteroatoms. The van der Waals surface area contributed by atoms with Gasteiger partial charge >= 0.3 is 0 Å². The molecular weight excluding hydrogens is 305 g/mol. The van der Waals surface area contributed by atoms with Crippen molar-refractivity contribution >= 4 is 38.7 Å². The van der Waals surface area contributed by atoms with Crippen LogP contribution >= 0.6 is 27.5 Å². The number of hydrogen-bond acceptors (Lipinski definition) is 3. The average Bonchev–Trinajstić information content (AvgIpc) is 2.67. The Labute approximate surface area is 113 Å². The number of hydrogen-bond donors (Lipinski definition) is 0. The Bertz CT molecular complexity index is 515. The number of pyridine rings is 1. The van der Waals surface area contributed by atoms with E-state index in [1.54, 1.807) is 13.3 Å². The van der Waals surface area contributed by atoms with Gasteiger partial charge in [0.1, 0.15) is 11.3 Å². The monoisotopic (exact) mass is 317 g/mol. The Balaban J connectivity index is 2.36. The molecule has 4 nitrogen and oxygen atoms in total. The van der Waals surface area contributed by atoms with E-state index in [4.69, 9.17) is 16.3 Å². The van der Waals surface area contributed by atoms with Crippen LogP contribution < -0.4 is 0 Å². The van der Waals surface area contributed by atoms with Gasteiger partial charge in [-0.25, -0.2) is 9.97 Å². The van der Waals surface area contributed by atoms with Crippen LogP contribution in [-0.2, 0) is 17.2 Å². The van der Waals surface area contributed by atoms with Crippen molar-refractivity contribution in [2.24, 2.45) is 0 Å². The summed E-state index contributed by atoms with van der Waals surface area (Å²) in [4.78, 5) is 8.85. The summed E-state index contributed by atoms with van der Waals surface area (Å²) in [6.07, 6.45) is 2.69. The smallest absolute Gasteiger partial charge is 0.160 e. The highest BCUT2D eigenvalue weighted by molar-refractivity contribution is 9.10. The summed E-state index contributed by atoms with van der Waals surface area (Å²) in [5.74, 6) is 1.24. The first-order valence-corrected chi connectivity index (χ1v) is 6.64. The molecule has 0 saturated heterocycles. The fourth-order valence-corrected chi connectivity index (χ4v) is 2.26. The van der Waals surface area contributed by atoms with E-state index in [1.165, 1.54) is 0 Å². The Hall–Kier alpha value is -0.650. The minimum Gasteiger partial charge on any atom is -0.385 e. The second kappa shape index (κ2) is 5.80. The Morgan fingerprint density at radius 2 is 2.35 bits per heavy atom. The molecule has 2 rings (SSSR count). The van der Waals surface area contributed by atoms with Crippen molar-refractivity contribution in [3.8, 4) is 0 Å². The topological polar surface area (TPSA) is 39.9 Å². The first kappa shape index (κ1) is 12.8. The highest BCUT2D eigenvalue weighted by Crippen LogP contribution is 2.19. The summed E-state index contributed by atoms with van der Waals surface area (Å²) in [6, 6.07) is 1.95. The van der Waals surface area contributed by atoms with Gasteiger partial charge in [-0.1, -0.05) is 0 Å². The second-order valence-electron chi connectivity index (χ2n) is 3.66. The van der Waals surface area contributed by atoms with Gasteiger partial charge < -0.3 is 9.30 Å². The number of aryl methyl sites for hydroxylation is 1. The van der Waals surface area contributed by atoms with E-state index in [0.717, 1.165) is 41.0 Å². The predicted molar refractivity (Wildman–Crippen MR) is 71.3 cm³/mol. The minimum atomic E-state index is 0.390. The lowest BCUT2D eigenvalue weighted by atomic mass is 10.4. The number of methoxy groups -OCH3 is 1. The molecule has 0 unspecified atom stereocenters. The van der Waals surface area contributed by atoms with E-state index in [2.05, 4.69) is 25.9 Å². The maximum atomic E-state index is 5.90. The van der Waals surface area contributed by atoms with Crippen LogP contribution in [0.15, 0.2) is 16.7 Å². The van der Waals surface area contributed by atoms with Gasteiger partial charge in [-0.2, -0.15) is 0 Å². The van der Waals surface area contributed by atoms with E-state index >= 15 is 0 Å². The largest absolute Gasteiger partial charge is 0.385 e. The molecular formula is C11H13BrClN3O. The van der Waals surface area contributed by atoms with Gasteiger partial charge in [0.25, 0.3) is 0 Å². The standard InChI is InChI=1S/C11H13BrClN3O/c1-17-4-2-3-16-10(6-13)15-9-5-8(12)7-14-11(9)16/h5,7H,2-4,6H2,1H3. The van der Waals surface area contributed by atoms with Gasteiger partial charge in [-0.15, -0.1) is 11.6 Å². The van der Waals surface area contributed by atoms with Crippen molar-refractivity contribution in [3.05, 3.63) is 22.6 Å². The van der Waals surface area contributed by atoms with Gasteiger partial charge in [0, 0.05) is 30.9 Å². The van der Waals surface area contributed by atoms with Crippen LogP contribution in [0.25, 0.3) is 11.2 Å². The van der Waals surface area contributed by atoms with Crippen molar-refractivity contribution in [3.63, 3.8) is 0 Å². The average molecular weight is 319 g/mol. The number of aromatic nitrogens is 3. The fourth-order valence-electron chi connectivity index (χ4n) is 1.74. The first-order chi connectivity index (χ1) is 8.26. The number of ether oxygens (including phenoxy) is 1. The Morgan fingerprint density at radius 1 is 1.53 bits per heavy atom. The van der Waals surface area contributed by atoms with E-state index < -0.39 is 0 Å². The maximum Gasteiger partial charge on any atom is 0.160 e. The molecule has 2 heterocycles. The maximum absolute atomic E-state index is 5.90. The van der Waals surface area contributed by atoms with Gasteiger partial charge in [0.05, 0.1) is 5.88 Å². The molecule has 0 bridgehead atoms. The van der Waals surface area contributed by atoms with Gasteiger partial charge in [-0.3, -0.25) is 0 Å². The molecule has 0 aliphatic rings. The molecule has 0 saturated carbocycles. The number of imidazole rings is 1. The lowest BCUT2D eigenvalue weighted by Crippen LogP contribution is -2.05. The molecule has 2 aromatic rings. The van der Waals surface area contributed by atoms with Crippen molar-refractivity contribution in [1.82, 2.24) is 14.5 Å². The number of alkyl halides is 1. The zero-order valence-corrected chi connectivity index (χ0v) is 11.8. The molecule has 0 fully saturated rings. The molecule has 0 radical (unpaired) electrons. The van der Waals surface area contributed by atoms with E-state index in [9.17, 15) is 0 Å². The zero-order chi connectivity index (χ0) is 12.3. The summed E-state index contributed by atoms with van der Waals surface area (Å²) < 4.78 is 8.02. The highest BCUT2D eigenvalue weighted by atomic mass is 79.9. The van der Waals surface area contributed by atoms with Crippen LogP contribution in [-0.4, -0.2) is 28.3 Å². The molecule has 0 aliphatic heterocycles. The van der Waals surface area contributed by atoms with Crippen molar-refractivity contribution in [2.75, 3.05) is 13.7 Å². The lowest BCUT2D eigenvalue weighted by Gasteiger charge is -2.06. The quantitative estimate of drug-likeness (QED) is 0.628. The third kappa shape index (κ3) is 2.78. The third-order valence-electron chi connectivity index (χ3n) is 2.48. The Morgan fingerprint density at radius 3 is 3.06 bits per heavy atom. The van der Waals surface area contributed by atoms with Crippen molar-refractivity contribution in [1.29, 1.82) is 0 Å². The zero-order valence-electron chi connectivity index (χ0n) is 9.49. The summed E-state index contributed by atoms with van der Waals surface area (Å²) in [6.45, 7) is 1.54. The van der Waals surface area contributed by atoms with E-state index in [0.29, 0.717) is 5.88 Å². The molecule has 0 aromatic carbocycles. The first-order valence-electron chi connectivity index (χ1n) is 5.32. The number of fused-ring (bicyclic) bond motifs is 1. The highest BCUT2D eigenvalue weighted by Gasteiger charge is 2.10. The van der Waals surface area contributed by atoms with Crippen LogP contribution in [0.3, 0.4) is 0 Å². The molecule has 0 amide bonds. The van der Waals surface area contributed by atoms with Crippen LogP contribution in [0.2, 0.25) is 0 Å². The third-order valence-corrected chi connectivity index (χ3v) is 3.15. The molecule has 0 aliphatic carbocycles. The normalized spacial score (nSPS) is 11.2. The number of nitrogens with zero attached hydrogens (tertiary/aromatic N) is 3. The molecule has 17 heavy (non-hydrogen) atoms. The number of rotatable bonds is 5. The molecule has 0 atom stereocenters. The molecule has 0 spiro atoms. The Kier molecular flexibility index (Phi) is 4.36. The van der Waals surface area contributed by atoms with E-state index in [1.807, 2.05) is 10.6 Å². The van der Waals surface area contributed by atoms with Crippen molar-refractivity contribution < 1.29 is 4.74 Å². The lowest BCUT2D eigenvalue weighted by molar-refractivity contribution is 0.190. The molecule has 0 N–H and O–H groups in total. The summed E-state index contributed by atoms with van der Waals surface area (Å²) in [5, 5.41) is 0. The second-order valence-corrected chi connectivity index (χ2v) is 4.84. The van der Waals surface area contributed by atoms with Crippen LogP contribution in [0, 0.1) is 0 Å². The molecule has 92 valence electrons. The molecule has 2 aromatic heterocycles. The fraction of sp³-hybridized carbons (Fsp3) is 0.455. The van der Waals surface area contributed by atoms with Gasteiger partial charge in [0.15, 0.2) is 5.65 Å². The SMILES string of the molecule is COCCCn1c(CCl)nc2cc(Br)cnc21. The van der Waals surface area contributed by atoms with Crippen LogP contribution in [0.4, 0.5) is 0 Å². The number of halogens is 2. The van der Waals surface area contributed by atoms with E-state index in [-0.39, 0.29) is 0 Å². The van der Waals surface area contributed by atoms with Gasteiger partial charge in [0.2, 0.25) is 0 Å². The van der Waals surface area contributed by atoms with Crippen LogP contribution in [0.5, 0.6) is 0 Å². The predicted octanol–water partition coefficient (Wildman–Crippen LogP) is 2.97. The van der Waals surface area contributed by atoms with Gasteiger partial charge in [-0.05, 0) is 28.4 Å². The summed E-state index contributed by atoms with van der Waals surface area (Å²) >= 11 is 9.29. The minimum absolute atomic E-state index is 0.390. The van der Waals surface area contributed by atoms with Crippen LogP contribution in [0.1, 0.15) is 12.2 Å². The summed E-state index contributed by atoms with van der Waals surface area (Å²) in [5.41, 5.74) is 1.74.